The van der Waals surface area contributed by atoms with Crippen molar-refractivity contribution < 1.29 is 14.2 Å². The summed E-state index contributed by atoms with van der Waals surface area (Å²) in [4.78, 5) is 4.12. The lowest BCUT2D eigenvalue weighted by atomic mass is 9.90. The summed E-state index contributed by atoms with van der Waals surface area (Å²) >= 11 is 0. The highest BCUT2D eigenvalue weighted by Crippen LogP contribution is 2.35. The number of rotatable bonds is 4. The molecule has 1 aromatic rings. The van der Waals surface area contributed by atoms with Gasteiger partial charge in [-0.15, -0.1) is 0 Å². The molecular formula is C15H22N2O3. The lowest BCUT2D eigenvalue weighted by molar-refractivity contribution is -0.179. The predicted molar refractivity (Wildman–Crippen MR) is 74.5 cm³/mol. The molecule has 110 valence electrons. The van der Waals surface area contributed by atoms with Gasteiger partial charge in [0.2, 0.25) is 5.88 Å². The van der Waals surface area contributed by atoms with E-state index in [1.54, 1.807) is 13.3 Å². The Morgan fingerprint density at radius 3 is 2.80 bits per heavy atom. The number of hydrogen-bond acceptors (Lipinski definition) is 5. The number of aromatic nitrogens is 1. The van der Waals surface area contributed by atoms with Crippen LogP contribution in [0.4, 0.5) is 0 Å². The van der Waals surface area contributed by atoms with Crippen LogP contribution in [0.25, 0.3) is 0 Å². The van der Waals surface area contributed by atoms with Crippen LogP contribution in [0.15, 0.2) is 18.3 Å². The van der Waals surface area contributed by atoms with Crippen molar-refractivity contribution >= 4 is 0 Å². The summed E-state index contributed by atoms with van der Waals surface area (Å²) in [5, 5.41) is 3.60. The molecule has 3 rings (SSSR count). The molecule has 0 atom stereocenters. The third-order valence-corrected chi connectivity index (χ3v) is 4.16. The fourth-order valence-electron chi connectivity index (χ4n) is 2.98. The first-order chi connectivity index (χ1) is 9.80. The van der Waals surface area contributed by atoms with E-state index in [4.69, 9.17) is 14.2 Å². The molecule has 1 aromatic heterocycles. The average Bonchev–Trinajstić information content (AvgIpc) is 2.95. The Morgan fingerprint density at radius 2 is 2.10 bits per heavy atom. The quantitative estimate of drug-likeness (QED) is 0.911. The van der Waals surface area contributed by atoms with Gasteiger partial charge in [-0.2, -0.15) is 0 Å². The van der Waals surface area contributed by atoms with Crippen molar-refractivity contribution in [1.29, 1.82) is 0 Å². The first-order valence-electron chi connectivity index (χ1n) is 7.30. The Morgan fingerprint density at radius 1 is 1.35 bits per heavy atom. The van der Waals surface area contributed by atoms with Gasteiger partial charge in [0.1, 0.15) is 0 Å². The Bertz CT molecular complexity index is 436. The van der Waals surface area contributed by atoms with Crippen LogP contribution >= 0.6 is 0 Å². The molecule has 2 aliphatic rings. The molecule has 2 heterocycles. The fraction of sp³-hybridized carbons (Fsp3) is 0.667. The van der Waals surface area contributed by atoms with Crippen molar-refractivity contribution in [2.75, 3.05) is 20.3 Å². The van der Waals surface area contributed by atoms with Gasteiger partial charge < -0.3 is 19.5 Å². The summed E-state index contributed by atoms with van der Waals surface area (Å²) < 4.78 is 16.6. The molecule has 1 N–H and O–H groups in total. The molecule has 0 amide bonds. The molecule has 2 fully saturated rings. The maximum Gasteiger partial charge on any atom is 0.213 e. The summed E-state index contributed by atoms with van der Waals surface area (Å²) in [5.74, 6) is 0.401. The second-order valence-electron chi connectivity index (χ2n) is 5.47. The van der Waals surface area contributed by atoms with Gasteiger partial charge in [-0.05, 0) is 24.5 Å². The van der Waals surface area contributed by atoms with Gasteiger partial charge in [0.05, 0.1) is 20.3 Å². The van der Waals surface area contributed by atoms with Crippen LogP contribution in [-0.2, 0) is 16.0 Å². The maximum atomic E-state index is 5.75. The first-order valence-corrected chi connectivity index (χ1v) is 7.30. The van der Waals surface area contributed by atoms with Crippen LogP contribution in [0.2, 0.25) is 0 Å². The molecule has 1 aliphatic carbocycles. The minimum Gasteiger partial charge on any atom is -0.481 e. The van der Waals surface area contributed by atoms with E-state index in [2.05, 4.69) is 10.3 Å². The van der Waals surface area contributed by atoms with E-state index in [9.17, 15) is 0 Å². The van der Waals surface area contributed by atoms with Crippen LogP contribution in [0.3, 0.4) is 0 Å². The van der Waals surface area contributed by atoms with E-state index in [1.807, 2.05) is 12.1 Å². The molecule has 0 radical (unpaired) electrons. The first kappa shape index (κ1) is 13.8. The zero-order chi connectivity index (χ0) is 13.8. The lowest BCUT2D eigenvalue weighted by Gasteiger charge is -2.35. The maximum absolute atomic E-state index is 5.75. The third kappa shape index (κ3) is 3.11. The highest BCUT2D eigenvalue weighted by Gasteiger charge is 2.40. The largest absolute Gasteiger partial charge is 0.481 e. The van der Waals surface area contributed by atoms with E-state index in [1.165, 1.54) is 5.56 Å². The molecule has 5 heteroatoms. The Kier molecular flexibility index (Phi) is 4.19. The molecule has 5 nitrogen and oxygen atoms in total. The zero-order valence-corrected chi connectivity index (χ0v) is 11.9. The molecule has 0 aromatic carbocycles. The summed E-state index contributed by atoms with van der Waals surface area (Å²) in [6, 6.07) is 4.52. The summed E-state index contributed by atoms with van der Waals surface area (Å²) in [5.41, 5.74) is 1.20. The average molecular weight is 278 g/mol. The van der Waals surface area contributed by atoms with Crippen LogP contribution < -0.4 is 10.1 Å². The number of nitrogens with zero attached hydrogens (tertiary/aromatic N) is 1. The summed E-state index contributed by atoms with van der Waals surface area (Å²) in [7, 11) is 1.64. The van der Waals surface area contributed by atoms with E-state index in [0.717, 1.165) is 45.4 Å². The molecular weight excluding hydrogens is 256 g/mol. The van der Waals surface area contributed by atoms with E-state index in [0.29, 0.717) is 11.9 Å². The van der Waals surface area contributed by atoms with Crippen molar-refractivity contribution in [1.82, 2.24) is 10.3 Å². The molecule has 1 saturated carbocycles. The number of hydrogen-bond donors (Lipinski definition) is 1. The fourth-order valence-corrected chi connectivity index (χ4v) is 2.98. The Labute approximate surface area is 119 Å². The second-order valence-corrected chi connectivity index (χ2v) is 5.47. The third-order valence-electron chi connectivity index (χ3n) is 4.16. The Balaban J connectivity index is 1.47. The lowest BCUT2D eigenvalue weighted by Crippen LogP contribution is -2.41. The van der Waals surface area contributed by atoms with Gasteiger partial charge >= 0.3 is 0 Å². The normalized spacial score (nSPS) is 22.2. The van der Waals surface area contributed by atoms with Gasteiger partial charge in [-0.1, -0.05) is 0 Å². The minimum absolute atomic E-state index is 0.266. The van der Waals surface area contributed by atoms with Crippen LogP contribution in [-0.4, -0.2) is 37.1 Å². The van der Waals surface area contributed by atoms with Crippen LogP contribution in [0, 0.1) is 0 Å². The van der Waals surface area contributed by atoms with Crippen molar-refractivity contribution in [3.63, 3.8) is 0 Å². The minimum atomic E-state index is -0.266. The molecule has 1 spiro atoms. The number of pyridine rings is 1. The molecule has 0 bridgehead atoms. The SMILES string of the molecule is COc1cc(CNC2CCC3(CC2)OCCO3)ccn1. The smallest absolute Gasteiger partial charge is 0.213 e. The van der Waals surface area contributed by atoms with Crippen LogP contribution in [0.5, 0.6) is 5.88 Å². The number of nitrogens with one attached hydrogen (secondary N) is 1. The highest BCUT2D eigenvalue weighted by atomic mass is 16.7. The predicted octanol–water partition coefficient (Wildman–Crippen LogP) is 1.87. The highest BCUT2D eigenvalue weighted by molar-refractivity contribution is 5.20. The zero-order valence-electron chi connectivity index (χ0n) is 11.9. The van der Waals surface area contributed by atoms with E-state index < -0.39 is 0 Å². The summed E-state index contributed by atoms with van der Waals surface area (Å²) in [6.07, 6.45) is 5.96. The number of ether oxygens (including phenoxy) is 3. The van der Waals surface area contributed by atoms with Crippen LogP contribution in [0.1, 0.15) is 31.2 Å². The molecule has 1 saturated heterocycles. The molecule has 0 unspecified atom stereocenters. The van der Waals surface area contributed by atoms with Crippen molar-refractivity contribution in [2.24, 2.45) is 0 Å². The van der Waals surface area contributed by atoms with Gasteiger partial charge in [-0.25, -0.2) is 4.98 Å². The molecule has 1 aliphatic heterocycles. The van der Waals surface area contributed by atoms with Gasteiger partial charge in [0.25, 0.3) is 0 Å². The van der Waals surface area contributed by atoms with E-state index >= 15 is 0 Å². The summed E-state index contributed by atoms with van der Waals surface area (Å²) in [6.45, 7) is 2.34. The molecule has 20 heavy (non-hydrogen) atoms. The monoisotopic (exact) mass is 278 g/mol. The number of methoxy groups -OCH3 is 1. The van der Waals surface area contributed by atoms with Gasteiger partial charge in [0, 0.05) is 37.7 Å². The van der Waals surface area contributed by atoms with Gasteiger partial charge in [-0.3, -0.25) is 0 Å². The van der Waals surface area contributed by atoms with Crippen molar-refractivity contribution in [3.05, 3.63) is 23.9 Å². The van der Waals surface area contributed by atoms with Crippen molar-refractivity contribution in [2.45, 2.75) is 44.1 Å². The van der Waals surface area contributed by atoms with E-state index in [-0.39, 0.29) is 5.79 Å². The second kappa shape index (κ2) is 6.08. The Hall–Kier alpha value is -1.17. The standard InChI is InChI=1S/C15H22N2O3/c1-18-14-10-12(4-7-16-14)11-17-13-2-5-15(6-3-13)19-8-9-20-15/h4,7,10,13,17H,2-3,5-6,8-9,11H2,1H3. The van der Waals surface area contributed by atoms with Crippen molar-refractivity contribution in [3.8, 4) is 5.88 Å². The van der Waals surface area contributed by atoms with Gasteiger partial charge in [0.15, 0.2) is 5.79 Å². The topological polar surface area (TPSA) is 52.6 Å².